The SMILES string of the molecule is NCC1CC1c1cccc(OC(F)(F)F)c1. The molecule has 16 heavy (non-hydrogen) atoms. The van der Waals surface area contributed by atoms with Gasteiger partial charge in [-0.3, -0.25) is 0 Å². The summed E-state index contributed by atoms with van der Waals surface area (Å²) in [6, 6.07) is 6.12. The van der Waals surface area contributed by atoms with Crippen LogP contribution in [0.5, 0.6) is 5.75 Å². The van der Waals surface area contributed by atoms with Crippen LogP contribution in [0.25, 0.3) is 0 Å². The Morgan fingerprint density at radius 3 is 2.69 bits per heavy atom. The molecule has 2 nitrogen and oxygen atoms in total. The molecule has 2 rings (SSSR count). The maximum Gasteiger partial charge on any atom is 0.573 e. The Kier molecular flexibility index (Phi) is 2.80. The molecule has 1 aromatic rings. The Morgan fingerprint density at radius 2 is 2.12 bits per heavy atom. The van der Waals surface area contributed by atoms with Gasteiger partial charge in [-0.05, 0) is 42.5 Å². The van der Waals surface area contributed by atoms with Crippen molar-refractivity contribution in [2.75, 3.05) is 6.54 Å². The molecule has 0 aromatic heterocycles. The van der Waals surface area contributed by atoms with Crippen LogP contribution in [0.3, 0.4) is 0 Å². The molecule has 0 spiro atoms. The van der Waals surface area contributed by atoms with E-state index in [2.05, 4.69) is 4.74 Å². The van der Waals surface area contributed by atoms with Crippen LogP contribution in [0.1, 0.15) is 17.9 Å². The Labute approximate surface area is 91.2 Å². The molecule has 0 saturated heterocycles. The molecule has 2 atom stereocenters. The van der Waals surface area contributed by atoms with E-state index >= 15 is 0 Å². The van der Waals surface area contributed by atoms with Crippen LogP contribution in [0.2, 0.25) is 0 Å². The second-order valence-electron chi connectivity index (χ2n) is 3.96. The average Bonchev–Trinajstić information content (AvgIpc) is 2.94. The van der Waals surface area contributed by atoms with E-state index in [1.54, 1.807) is 6.07 Å². The molecule has 5 heteroatoms. The normalized spacial score (nSPS) is 24.2. The van der Waals surface area contributed by atoms with E-state index in [0.717, 1.165) is 12.0 Å². The topological polar surface area (TPSA) is 35.2 Å². The lowest BCUT2D eigenvalue weighted by atomic mass is 10.1. The van der Waals surface area contributed by atoms with Gasteiger partial charge in [0.25, 0.3) is 0 Å². The smallest absolute Gasteiger partial charge is 0.406 e. The van der Waals surface area contributed by atoms with Crippen molar-refractivity contribution >= 4 is 0 Å². The molecule has 1 aromatic carbocycles. The van der Waals surface area contributed by atoms with Gasteiger partial charge in [0, 0.05) is 0 Å². The van der Waals surface area contributed by atoms with Crippen LogP contribution in [-0.4, -0.2) is 12.9 Å². The quantitative estimate of drug-likeness (QED) is 0.867. The van der Waals surface area contributed by atoms with Gasteiger partial charge in [0.05, 0.1) is 0 Å². The first-order valence-corrected chi connectivity index (χ1v) is 5.05. The maximum atomic E-state index is 12.0. The second-order valence-corrected chi connectivity index (χ2v) is 3.96. The van der Waals surface area contributed by atoms with E-state index in [-0.39, 0.29) is 5.75 Å². The summed E-state index contributed by atoms with van der Waals surface area (Å²) in [6.45, 7) is 0.578. The van der Waals surface area contributed by atoms with Gasteiger partial charge in [0.2, 0.25) is 0 Å². The molecular weight excluding hydrogens is 219 g/mol. The number of nitrogens with two attached hydrogens (primary N) is 1. The molecule has 1 aliphatic rings. The van der Waals surface area contributed by atoms with Crippen LogP contribution in [0.4, 0.5) is 13.2 Å². The van der Waals surface area contributed by atoms with Gasteiger partial charge >= 0.3 is 6.36 Å². The predicted molar refractivity (Wildman–Crippen MR) is 53.0 cm³/mol. The third-order valence-electron chi connectivity index (χ3n) is 2.75. The fourth-order valence-corrected chi connectivity index (χ4v) is 1.86. The van der Waals surface area contributed by atoms with Gasteiger partial charge in [-0.25, -0.2) is 0 Å². The molecule has 1 saturated carbocycles. The molecule has 88 valence electrons. The van der Waals surface area contributed by atoms with Crippen molar-refractivity contribution in [1.82, 2.24) is 0 Å². The number of alkyl halides is 3. The summed E-state index contributed by atoms with van der Waals surface area (Å²) in [7, 11) is 0. The number of ether oxygens (including phenoxy) is 1. The highest BCUT2D eigenvalue weighted by Gasteiger charge is 2.37. The van der Waals surface area contributed by atoms with Crippen molar-refractivity contribution in [2.45, 2.75) is 18.7 Å². The second kappa shape index (κ2) is 3.97. The fourth-order valence-electron chi connectivity index (χ4n) is 1.86. The third kappa shape index (κ3) is 2.66. The zero-order chi connectivity index (χ0) is 11.8. The van der Waals surface area contributed by atoms with Crippen LogP contribution < -0.4 is 10.5 Å². The molecule has 0 bridgehead atoms. The Bertz CT molecular complexity index is 378. The minimum atomic E-state index is -4.63. The largest absolute Gasteiger partial charge is 0.573 e. The average molecular weight is 231 g/mol. The lowest BCUT2D eigenvalue weighted by Crippen LogP contribution is -2.17. The Morgan fingerprint density at radius 1 is 1.38 bits per heavy atom. The predicted octanol–water partition coefficient (Wildman–Crippen LogP) is 2.65. The minimum absolute atomic E-state index is 0.160. The zero-order valence-electron chi connectivity index (χ0n) is 8.50. The van der Waals surface area contributed by atoms with E-state index in [9.17, 15) is 13.2 Å². The number of benzene rings is 1. The highest BCUT2D eigenvalue weighted by Crippen LogP contribution is 2.47. The molecule has 0 radical (unpaired) electrons. The molecule has 1 fully saturated rings. The number of hydrogen-bond donors (Lipinski definition) is 1. The van der Waals surface area contributed by atoms with Crippen molar-refractivity contribution in [1.29, 1.82) is 0 Å². The van der Waals surface area contributed by atoms with Crippen LogP contribution >= 0.6 is 0 Å². The van der Waals surface area contributed by atoms with Gasteiger partial charge in [0.15, 0.2) is 0 Å². The highest BCUT2D eigenvalue weighted by molar-refractivity contribution is 5.34. The fraction of sp³-hybridized carbons (Fsp3) is 0.455. The summed E-state index contributed by atoms with van der Waals surface area (Å²) < 4.78 is 39.8. The van der Waals surface area contributed by atoms with E-state index < -0.39 is 6.36 Å². The molecule has 2 unspecified atom stereocenters. The monoisotopic (exact) mass is 231 g/mol. The zero-order valence-corrected chi connectivity index (χ0v) is 8.50. The van der Waals surface area contributed by atoms with Gasteiger partial charge in [0.1, 0.15) is 5.75 Å². The summed E-state index contributed by atoms with van der Waals surface area (Å²) in [6.07, 6.45) is -3.68. The third-order valence-corrected chi connectivity index (χ3v) is 2.75. The highest BCUT2D eigenvalue weighted by atomic mass is 19.4. The Hall–Kier alpha value is -1.23. The van der Waals surface area contributed by atoms with Crippen molar-refractivity contribution in [3.63, 3.8) is 0 Å². The van der Waals surface area contributed by atoms with E-state index in [0.29, 0.717) is 18.4 Å². The standard InChI is InChI=1S/C11H12F3NO/c12-11(13,14)16-9-3-1-2-7(4-9)10-5-8(10)6-15/h1-4,8,10H,5-6,15H2. The van der Waals surface area contributed by atoms with Crippen LogP contribution in [0.15, 0.2) is 24.3 Å². The first-order chi connectivity index (χ1) is 7.49. The first kappa shape index (κ1) is 11.3. The van der Waals surface area contributed by atoms with E-state index in [1.165, 1.54) is 12.1 Å². The maximum absolute atomic E-state index is 12.0. The summed E-state index contributed by atoms with van der Waals surface area (Å²) in [4.78, 5) is 0. The Balaban J connectivity index is 2.09. The number of hydrogen-bond acceptors (Lipinski definition) is 2. The van der Waals surface area contributed by atoms with Gasteiger partial charge in [-0.15, -0.1) is 13.2 Å². The lowest BCUT2D eigenvalue weighted by Gasteiger charge is -2.09. The van der Waals surface area contributed by atoms with Crippen LogP contribution in [0, 0.1) is 5.92 Å². The van der Waals surface area contributed by atoms with Crippen molar-refractivity contribution < 1.29 is 17.9 Å². The number of halogens is 3. The summed E-state index contributed by atoms with van der Waals surface area (Å²) >= 11 is 0. The number of rotatable bonds is 3. The molecule has 0 heterocycles. The molecular formula is C11H12F3NO. The summed E-state index contributed by atoms with van der Waals surface area (Å²) in [5.41, 5.74) is 6.36. The molecule has 0 amide bonds. The molecule has 2 N–H and O–H groups in total. The first-order valence-electron chi connectivity index (χ1n) is 5.05. The summed E-state index contributed by atoms with van der Waals surface area (Å²) in [5.74, 6) is 0.538. The molecule has 0 aliphatic heterocycles. The van der Waals surface area contributed by atoms with Gasteiger partial charge in [-0.2, -0.15) is 0 Å². The van der Waals surface area contributed by atoms with Gasteiger partial charge < -0.3 is 10.5 Å². The van der Waals surface area contributed by atoms with Crippen molar-refractivity contribution in [2.24, 2.45) is 11.7 Å². The van der Waals surface area contributed by atoms with Crippen LogP contribution in [-0.2, 0) is 0 Å². The van der Waals surface area contributed by atoms with E-state index in [1.807, 2.05) is 6.07 Å². The van der Waals surface area contributed by atoms with Crippen molar-refractivity contribution in [3.05, 3.63) is 29.8 Å². The minimum Gasteiger partial charge on any atom is -0.406 e. The van der Waals surface area contributed by atoms with Crippen molar-refractivity contribution in [3.8, 4) is 5.75 Å². The van der Waals surface area contributed by atoms with E-state index in [4.69, 9.17) is 5.73 Å². The molecule has 1 aliphatic carbocycles. The summed E-state index contributed by atoms with van der Waals surface area (Å²) in [5, 5.41) is 0. The van der Waals surface area contributed by atoms with Gasteiger partial charge in [-0.1, -0.05) is 12.1 Å². The lowest BCUT2D eigenvalue weighted by molar-refractivity contribution is -0.274.